The van der Waals surface area contributed by atoms with E-state index in [-0.39, 0.29) is 18.3 Å². The smallest absolute Gasteiger partial charge is 0.299 e. The number of hydrogen-bond donors (Lipinski definition) is 0. The molecule has 194 valence electrons. The van der Waals surface area contributed by atoms with Gasteiger partial charge in [-0.2, -0.15) is 4.98 Å². The fourth-order valence-electron chi connectivity index (χ4n) is 4.36. The van der Waals surface area contributed by atoms with E-state index in [1.54, 1.807) is 0 Å². The Labute approximate surface area is 231 Å². The van der Waals surface area contributed by atoms with Gasteiger partial charge in [-0.1, -0.05) is 61.6 Å². The van der Waals surface area contributed by atoms with Gasteiger partial charge in [0, 0.05) is 30.2 Å². The molecule has 3 aromatic rings. The zero-order valence-corrected chi connectivity index (χ0v) is 24.7. The highest BCUT2D eigenvalue weighted by atomic mass is 127. The lowest BCUT2D eigenvalue weighted by molar-refractivity contribution is -0.286. The molecule has 0 bridgehead atoms. The molecule has 7 nitrogen and oxygen atoms in total. The SMILES string of the molecule is C[Si](C)(C)CCOCn1c(O[C@H]2CO[C@@H]3COC(c4ccccc4)O[C@H]3C2)nc2cc(I)c(Cl)cc21. The van der Waals surface area contributed by atoms with Gasteiger partial charge in [0.05, 0.1) is 35.4 Å². The van der Waals surface area contributed by atoms with E-state index in [9.17, 15) is 0 Å². The molecule has 10 heteroatoms. The Morgan fingerprint density at radius 3 is 2.69 bits per heavy atom. The lowest BCUT2D eigenvalue weighted by Gasteiger charge is -2.41. The Hall–Kier alpha value is -1.21. The second kappa shape index (κ2) is 11.3. The Morgan fingerprint density at radius 2 is 1.92 bits per heavy atom. The third kappa shape index (κ3) is 6.25. The summed E-state index contributed by atoms with van der Waals surface area (Å²) in [5.41, 5.74) is 2.72. The number of imidazole rings is 1. The van der Waals surface area contributed by atoms with Crippen LogP contribution in [0.4, 0.5) is 0 Å². The van der Waals surface area contributed by atoms with Crippen LogP contribution in [0.25, 0.3) is 11.0 Å². The molecule has 2 fully saturated rings. The molecule has 1 unspecified atom stereocenters. The molecule has 0 aliphatic carbocycles. The molecule has 2 aliphatic rings. The fraction of sp³-hybridized carbons (Fsp3) is 0.500. The number of halogens is 2. The molecule has 2 saturated heterocycles. The van der Waals surface area contributed by atoms with Crippen molar-refractivity contribution >= 4 is 53.3 Å². The van der Waals surface area contributed by atoms with E-state index in [2.05, 4.69) is 42.2 Å². The molecular weight excluding hydrogens is 611 g/mol. The quantitative estimate of drug-likeness (QED) is 0.164. The molecule has 2 aromatic carbocycles. The number of nitrogens with zero attached hydrogens (tertiary/aromatic N) is 2. The Kier molecular flexibility index (Phi) is 8.26. The van der Waals surface area contributed by atoms with Crippen LogP contribution >= 0.6 is 34.2 Å². The van der Waals surface area contributed by atoms with E-state index >= 15 is 0 Å². The predicted molar refractivity (Wildman–Crippen MR) is 150 cm³/mol. The number of rotatable bonds is 8. The van der Waals surface area contributed by atoms with Crippen LogP contribution < -0.4 is 4.74 Å². The summed E-state index contributed by atoms with van der Waals surface area (Å²) in [6.07, 6.45) is -0.135. The first-order chi connectivity index (χ1) is 17.3. The van der Waals surface area contributed by atoms with Gasteiger partial charge in [-0.05, 0) is 40.8 Å². The molecule has 0 amide bonds. The van der Waals surface area contributed by atoms with Crippen molar-refractivity contribution in [3.8, 4) is 6.01 Å². The number of ether oxygens (including phenoxy) is 5. The van der Waals surface area contributed by atoms with Crippen LogP contribution in [0.1, 0.15) is 18.3 Å². The summed E-state index contributed by atoms with van der Waals surface area (Å²) < 4.78 is 33.7. The van der Waals surface area contributed by atoms with Crippen LogP contribution in [-0.2, 0) is 25.7 Å². The second-order valence-corrected chi connectivity index (χ2v) is 17.7. The van der Waals surface area contributed by atoms with Crippen LogP contribution in [0.3, 0.4) is 0 Å². The van der Waals surface area contributed by atoms with Gasteiger partial charge < -0.3 is 23.7 Å². The van der Waals surface area contributed by atoms with Gasteiger partial charge in [0.2, 0.25) is 0 Å². The zero-order valence-electron chi connectivity index (χ0n) is 20.8. The van der Waals surface area contributed by atoms with Gasteiger partial charge in [-0.15, -0.1) is 0 Å². The van der Waals surface area contributed by atoms with Crippen molar-refractivity contribution in [3.05, 3.63) is 56.6 Å². The van der Waals surface area contributed by atoms with E-state index in [4.69, 9.17) is 40.3 Å². The summed E-state index contributed by atoms with van der Waals surface area (Å²) in [7, 11) is -1.19. The van der Waals surface area contributed by atoms with E-state index in [1.807, 2.05) is 47.0 Å². The largest absolute Gasteiger partial charge is 0.459 e. The van der Waals surface area contributed by atoms with E-state index < -0.39 is 14.4 Å². The number of aromatic nitrogens is 2. The Morgan fingerprint density at radius 1 is 1.11 bits per heavy atom. The van der Waals surface area contributed by atoms with Crippen LogP contribution in [0, 0.1) is 3.57 Å². The lowest BCUT2D eigenvalue weighted by Crippen LogP contribution is -2.50. The van der Waals surface area contributed by atoms with Crippen molar-refractivity contribution in [2.45, 2.75) is 63.4 Å². The summed E-state index contributed by atoms with van der Waals surface area (Å²) >= 11 is 8.67. The first-order valence-electron chi connectivity index (χ1n) is 12.3. The van der Waals surface area contributed by atoms with Gasteiger partial charge in [0.25, 0.3) is 6.01 Å². The average molecular weight is 643 g/mol. The number of benzene rings is 2. The molecular formula is C26H32ClIN2O5Si. The molecule has 0 spiro atoms. The van der Waals surface area contributed by atoms with Crippen LogP contribution in [-0.4, -0.2) is 55.8 Å². The highest BCUT2D eigenvalue weighted by Gasteiger charge is 2.40. The molecule has 0 N–H and O–H groups in total. The van der Waals surface area contributed by atoms with Gasteiger partial charge in [-0.25, -0.2) is 0 Å². The highest BCUT2D eigenvalue weighted by Crippen LogP contribution is 2.34. The summed E-state index contributed by atoms with van der Waals surface area (Å²) in [6, 6.07) is 15.5. The predicted octanol–water partition coefficient (Wildman–Crippen LogP) is 6.26. The summed E-state index contributed by atoms with van der Waals surface area (Å²) in [4.78, 5) is 4.79. The Balaban J connectivity index is 1.31. The standard InChI is InChI=1S/C26H32ClIN2O5Si/c1-36(2,3)10-9-31-16-30-22-12-19(27)20(28)13-21(22)29-26(30)34-18-11-23-24(32-14-18)15-33-25(35-23)17-7-5-4-6-8-17/h4-8,12-13,18,23-25H,9-11,14-16H2,1-3H3/t18-,23+,24-,25?/m1/s1. The monoisotopic (exact) mass is 642 g/mol. The third-order valence-corrected chi connectivity index (χ3v) is 9.66. The topological polar surface area (TPSA) is 64.0 Å². The minimum atomic E-state index is -1.19. The summed E-state index contributed by atoms with van der Waals surface area (Å²) in [5.74, 6) is 0. The van der Waals surface area contributed by atoms with Crippen molar-refractivity contribution in [2.24, 2.45) is 0 Å². The minimum Gasteiger partial charge on any atom is -0.459 e. The molecule has 3 heterocycles. The first kappa shape index (κ1) is 26.4. The maximum atomic E-state index is 6.45. The molecule has 1 aromatic heterocycles. The maximum absolute atomic E-state index is 6.45. The third-order valence-electron chi connectivity index (χ3n) is 6.43. The van der Waals surface area contributed by atoms with Crippen LogP contribution in [0.2, 0.25) is 30.7 Å². The van der Waals surface area contributed by atoms with Gasteiger partial charge in [0.1, 0.15) is 18.9 Å². The Bertz CT molecular complexity index is 1190. The molecule has 0 radical (unpaired) electrons. The van der Waals surface area contributed by atoms with Crippen LogP contribution in [0.15, 0.2) is 42.5 Å². The molecule has 0 saturated carbocycles. The van der Waals surface area contributed by atoms with Gasteiger partial charge in [0.15, 0.2) is 6.29 Å². The molecule has 2 aliphatic heterocycles. The number of hydrogen-bond acceptors (Lipinski definition) is 6. The van der Waals surface area contributed by atoms with Crippen molar-refractivity contribution < 1.29 is 23.7 Å². The van der Waals surface area contributed by atoms with E-state index in [1.165, 1.54) is 0 Å². The summed E-state index contributed by atoms with van der Waals surface area (Å²) in [6.45, 7) is 9.04. The average Bonchev–Trinajstić information content (AvgIpc) is 3.17. The maximum Gasteiger partial charge on any atom is 0.299 e. The fourth-order valence-corrected chi connectivity index (χ4v) is 5.72. The molecule has 5 rings (SSSR count). The van der Waals surface area contributed by atoms with Crippen molar-refractivity contribution in [1.29, 1.82) is 0 Å². The normalized spacial score (nSPS) is 24.6. The lowest BCUT2D eigenvalue weighted by atomic mass is 10.0. The first-order valence-corrected chi connectivity index (χ1v) is 17.5. The molecule has 4 atom stereocenters. The van der Waals surface area contributed by atoms with Gasteiger partial charge in [-0.3, -0.25) is 4.57 Å². The molecule has 36 heavy (non-hydrogen) atoms. The zero-order chi connectivity index (χ0) is 25.3. The van der Waals surface area contributed by atoms with Crippen LogP contribution in [0.5, 0.6) is 6.01 Å². The van der Waals surface area contributed by atoms with E-state index in [0.29, 0.717) is 44.0 Å². The minimum absolute atomic E-state index is 0.103. The number of fused-ring (bicyclic) bond motifs is 2. The highest BCUT2D eigenvalue weighted by molar-refractivity contribution is 14.1. The van der Waals surface area contributed by atoms with Gasteiger partial charge >= 0.3 is 0 Å². The van der Waals surface area contributed by atoms with Crippen molar-refractivity contribution in [2.75, 3.05) is 19.8 Å². The summed E-state index contributed by atoms with van der Waals surface area (Å²) in [5, 5.41) is 0.685. The van der Waals surface area contributed by atoms with Crippen molar-refractivity contribution in [3.63, 3.8) is 0 Å². The second-order valence-electron chi connectivity index (χ2n) is 10.5. The van der Waals surface area contributed by atoms with Crippen molar-refractivity contribution in [1.82, 2.24) is 9.55 Å². The van der Waals surface area contributed by atoms with E-state index in [0.717, 1.165) is 26.2 Å².